The predicted molar refractivity (Wildman–Crippen MR) is 87.1 cm³/mol. The zero-order valence-corrected chi connectivity index (χ0v) is 13.7. The molecule has 4 aliphatic carbocycles. The minimum Gasteiger partial charge on any atom is -0.512 e. The first-order valence-electron chi connectivity index (χ1n) is 8.89. The van der Waals surface area contributed by atoms with E-state index in [-0.39, 0.29) is 23.0 Å². The van der Waals surface area contributed by atoms with Gasteiger partial charge < -0.3 is 15.9 Å². The van der Waals surface area contributed by atoms with E-state index in [4.69, 9.17) is 5.73 Å². The Morgan fingerprint density at radius 1 is 1.23 bits per heavy atom. The fourth-order valence-corrected chi connectivity index (χ4v) is 6.41. The topological polar surface area (TPSA) is 66.5 Å². The SMILES string of the molecule is C[C@]12C=CC(O)C[C@H]1C[C@H](N)[C@@H]1[C@@H]2CC[C@]2(C)C(O)=CC[C@@H]12. The van der Waals surface area contributed by atoms with Crippen LogP contribution in [0.25, 0.3) is 0 Å². The van der Waals surface area contributed by atoms with Crippen LogP contribution in [0.4, 0.5) is 0 Å². The zero-order chi connectivity index (χ0) is 15.7. The summed E-state index contributed by atoms with van der Waals surface area (Å²) in [6.07, 6.45) is 11.1. The Morgan fingerprint density at radius 3 is 2.77 bits per heavy atom. The van der Waals surface area contributed by atoms with Crippen molar-refractivity contribution in [2.45, 2.75) is 58.1 Å². The second kappa shape index (κ2) is 4.61. The maximum absolute atomic E-state index is 10.4. The highest BCUT2D eigenvalue weighted by atomic mass is 16.3. The first-order chi connectivity index (χ1) is 10.4. The van der Waals surface area contributed by atoms with Crippen LogP contribution in [0.3, 0.4) is 0 Å². The van der Waals surface area contributed by atoms with Gasteiger partial charge in [0.05, 0.1) is 11.9 Å². The molecule has 2 saturated carbocycles. The van der Waals surface area contributed by atoms with Crippen LogP contribution in [-0.2, 0) is 0 Å². The van der Waals surface area contributed by atoms with Gasteiger partial charge in [-0.1, -0.05) is 26.0 Å². The third kappa shape index (κ3) is 1.75. The van der Waals surface area contributed by atoms with E-state index >= 15 is 0 Å². The first kappa shape index (κ1) is 14.8. The highest BCUT2D eigenvalue weighted by molar-refractivity contribution is 5.24. The van der Waals surface area contributed by atoms with E-state index in [1.165, 1.54) is 0 Å². The number of hydrogen-bond donors (Lipinski definition) is 3. The maximum Gasteiger partial charge on any atom is 0.0944 e. The average Bonchev–Trinajstić information content (AvgIpc) is 2.77. The van der Waals surface area contributed by atoms with Crippen molar-refractivity contribution >= 4 is 0 Å². The van der Waals surface area contributed by atoms with Crippen LogP contribution in [0.5, 0.6) is 0 Å². The minimum atomic E-state index is -0.298. The van der Waals surface area contributed by atoms with Crippen LogP contribution in [0.15, 0.2) is 24.0 Å². The summed E-state index contributed by atoms with van der Waals surface area (Å²) in [5.74, 6) is 2.66. The van der Waals surface area contributed by atoms with Crippen LogP contribution in [0.2, 0.25) is 0 Å². The lowest BCUT2D eigenvalue weighted by atomic mass is 9.45. The predicted octanol–water partition coefficient (Wildman–Crippen LogP) is 3.16. The molecular weight excluding hydrogens is 274 g/mol. The van der Waals surface area contributed by atoms with Crippen molar-refractivity contribution in [1.29, 1.82) is 0 Å². The summed E-state index contributed by atoms with van der Waals surface area (Å²) in [5, 5.41) is 20.4. The summed E-state index contributed by atoms with van der Waals surface area (Å²) >= 11 is 0. The molecule has 0 aromatic carbocycles. The second-order valence-corrected chi connectivity index (χ2v) is 8.70. The Bertz CT molecular complexity index is 542. The third-order valence-electron chi connectivity index (χ3n) is 7.81. The van der Waals surface area contributed by atoms with Crippen molar-refractivity contribution in [3.8, 4) is 0 Å². The molecule has 4 rings (SSSR count). The Kier molecular flexibility index (Phi) is 3.09. The summed E-state index contributed by atoms with van der Waals surface area (Å²) < 4.78 is 0. The van der Waals surface area contributed by atoms with E-state index in [0.29, 0.717) is 29.4 Å². The number of aliphatic hydroxyl groups excluding tert-OH is 2. The maximum atomic E-state index is 10.4. The largest absolute Gasteiger partial charge is 0.512 e. The molecule has 22 heavy (non-hydrogen) atoms. The minimum absolute atomic E-state index is 0.0557. The van der Waals surface area contributed by atoms with Gasteiger partial charge in [0.2, 0.25) is 0 Å². The number of rotatable bonds is 0. The van der Waals surface area contributed by atoms with Crippen molar-refractivity contribution in [2.24, 2.45) is 40.2 Å². The number of allylic oxidation sites excluding steroid dienone is 3. The Labute approximate surface area is 133 Å². The van der Waals surface area contributed by atoms with Gasteiger partial charge >= 0.3 is 0 Å². The first-order valence-corrected chi connectivity index (χ1v) is 8.89. The number of aliphatic hydroxyl groups is 2. The van der Waals surface area contributed by atoms with E-state index in [2.05, 4.69) is 19.9 Å². The van der Waals surface area contributed by atoms with Crippen molar-refractivity contribution in [3.63, 3.8) is 0 Å². The van der Waals surface area contributed by atoms with Gasteiger partial charge in [0.1, 0.15) is 0 Å². The zero-order valence-electron chi connectivity index (χ0n) is 13.7. The Balaban J connectivity index is 1.72. The molecular formula is C19H29NO2. The van der Waals surface area contributed by atoms with Gasteiger partial charge in [-0.2, -0.15) is 0 Å². The molecule has 0 bridgehead atoms. The van der Waals surface area contributed by atoms with Gasteiger partial charge in [-0.05, 0) is 67.3 Å². The lowest BCUT2D eigenvalue weighted by Gasteiger charge is -2.60. The summed E-state index contributed by atoms with van der Waals surface area (Å²) in [7, 11) is 0. The lowest BCUT2D eigenvalue weighted by molar-refractivity contribution is -0.0877. The van der Waals surface area contributed by atoms with Crippen molar-refractivity contribution < 1.29 is 10.2 Å². The van der Waals surface area contributed by atoms with Crippen LogP contribution in [-0.4, -0.2) is 22.4 Å². The summed E-state index contributed by atoms with van der Waals surface area (Å²) in [6.45, 7) is 4.61. The fraction of sp³-hybridized carbons (Fsp3) is 0.789. The molecule has 0 aliphatic heterocycles. The molecule has 3 heteroatoms. The molecule has 0 spiro atoms. The van der Waals surface area contributed by atoms with E-state index in [1.54, 1.807) is 0 Å². The highest BCUT2D eigenvalue weighted by Gasteiger charge is 2.60. The molecule has 4 N–H and O–H groups in total. The molecule has 0 aromatic heterocycles. The second-order valence-electron chi connectivity index (χ2n) is 8.70. The van der Waals surface area contributed by atoms with Crippen LogP contribution in [0, 0.1) is 34.5 Å². The molecule has 0 heterocycles. The third-order valence-corrected chi connectivity index (χ3v) is 7.81. The van der Waals surface area contributed by atoms with Gasteiger partial charge in [0.25, 0.3) is 0 Å². The summed E-state index contributed by atoms with van der Waals surface area (Å²) in [6, 6.07) is 0.200. The molecule has 0 amide bonds. The van der Waals surface area contributed by atoms with Gasteiger partial charge in [0.15, 0.2) is 0 Å². The molecule has 1 unspecified atom stereocenters. The molecule has 2 fully saturated rings. The van der Waals surface area contributed by atoms with Gasteiger partial charge in [-0.25, -0.2) is 0 Å². The fourth-order valence-electron chi connectivity index (χ4n) is 6.41. The standard InChI is InChI=1S/C19H29NO2/c1-18-7-5-12(21)9-11(18)10-15(20)17-13-3-4-16(22)19(13,2)8-6-14(17)18/h4-5,7,11-15,17,21-22H,3,6,8-10,20H2,1-2H3/t11-,12?,13-,14-,15-,17-,18-,19-/m0/s1. The van der Waals surface area contributed by atoms with E-state index < -0.39 is 0 Å². The quantitative estimate of drug-likeness (QED) is 0.602. The summed E-state index contributed by atoms with van der Waals surface area (Å²) in [4.78, 5) is 0. The lowest BCUT2D eigenvalue weighted by Crippen LogP contribution is -2.59. The molecule has 4 aliphatic rings. The molecule has 122 valence electrons. The Morgan fingerprint density at radius 2 is 2.00 bits per heavy atom. The van der Waals surface area contributed by atoms with Crippen LogP contribution >= 0.6 is 0 Å². The molecule has 0 aromatic rings. The number of hydrogen-bond acceptors (Lipinski definition) is 3. The molecule has 3 nitrogen and oxygen atoms in total. The van der Waals surface area contributed by atoms with E-state index in [1.807, 2.05) is 12.2 Å². The molecule has 0 saturated heterocycles. The highest BCUT2D eigenvalue weighted by Crippen LogP contribution is 2.64. The summed E-state index contributed by atoms with van der Waals surface area (Å²) in [5.41, 5.74) is 6.76. The molecule has 8 atom stereocenters. The van der Waals surface area contributed by atoms with Crippen LogP contribution < -0.4 is 5.73 Å². The number of nitrogens with two attached hydrogens (primary N) is 1. The van der Waals surface area contributed by atoms with Gasteiger partial charge in [-0.15, -0.1) is 0 Å². The van der Waals surface area contributed by atoms with Crippen molar-refractivity contribution in [2.75, 3.05) is 0 Å². The molecule has 0 radical (unpaired) electrons. The van der Waals surface area contributed by atoms with Crippen molar-refractivity contribution in [1.82, 2.24) is 0 Å². The monoisotopic (exact) mass is 303 g/mol. The van der Waals surface area contributed by atoms with E-state index in [0.717, 1.165) is 32.1 Å². The number of fused-ring (bicyclic) bond motifs is 5. The van der Waals surface area contributed by atoms with E-state index in [9.17, 15) is 10.2 Å². The average molecular weight is 303 g/mol. The normalized spacial score (nSPS) is 56.8. The van der Waals surface area contributed by atoms with Crippen LogP contribution in [0.1, 0.15) is 46.0 Å². The van der Waals surface area contributed by atoms with Crippen molar-refractivity contribution in [3.05, 3.63) is 24.0 Å². The van der Waals surface area contributed by atoms with Gasteiger partial charge in [0, 0.05) is 11.5 Å². The van der Waals surface area contributed by atoms with Gasteiger partial charge in [-0.3, -0.25) is 0 Å². The smallest absolute Gasteiger partial charge is 0.0944 e. The Hall–Kier alpha value is -0.800.